The topological polar surface area (TPSA) is 81.7 Å². The van der Waals surface area contributed by atoms with Crippen LogP contribution in [0.5, 0.6) is 0 Å². The second kappa shape index (κ2) is 9.95. The average Bonchev–Trinajstić information content (AvgIpc) is 2.75. The molecular weight excluding hydrogens is 435 g/mol. The minimum Gasteiger partial charge on any atom is -0.467 e. The van der Waals surface area contributed by atoms with Crippen LogP contribution in [0.25, 0.3) is 0 Å². The number of methoxy groups -OCH3 is 1. The van der Waals surface area contributed by atoms with Crippen molar-refractivity contribution in [2.24, 2.45) is 0 Å². The molecule has 3 atom stereocenters. The van der Waals surface area contributed by atoms with E-state index in [4.69, 9.17) is 4.74 Å². The molecule has 168 valence electrons. The zero-order valence-corrected chi connectivity index (χ0v) is 17.9. The highest BCUT2D eigenvalue weighted by molar-refractivity contribution is 7.85. The second-order valence-corrected chi connectivity index (χ2v) is 8.51. The van der Waals surface area contributed by atoms with Crippen molar-refractivity contribution in [1.29, 1.82) is 0 Å². The van der Waals surface area contributed by atoms with Crippen molar-refractivity contribution < 1.29 is 36.4 Å². The molecule has 0 heterocycles. The zero-order chi connectivity index (χ0) is 23.2. The largest absolute Gasteiger partial charge is 0.467 e. The lowest BCUT2D eigenvalue weighted by atomic mass is 9.95. The number of amides is 1. The molecule has 1 N–H and O–H groups in total. The number of nitrogens with one attached hydrogen (secondary N) is 1. The Morgan fingerprint density at radius 2 is 1.65 bits per heavy atom. The molecule has 31 heavy (non-hydrogen) atoms. The van der Waals surface area contributed by atoms with Gasteiger partial charge in [-0.2, -0.15) is 13.2 Å². The van der Waals surface area contributed by atoms with Crippen LogP contribution in [0.2, 0.25) is 0 Å². The van der Waals surface area contributed by atoms with Crippen LogP contribution in [0.1, 0.15) is 18.1 Å². The highest BCUT2D eigenvalue weighted by Crippen LogP contribution is 2.38. The number of carbonyl (C=O) groups is 2. The van der Waals surface area contributed by atoms with Crippen LogP contribution in [0.15, 0.2) is 59.5 Å². The molecular formula is C21H22F3NO5S. The minimum absolute atomic E-state index is 0.0649. The van der Waals surface area contributed by atoms with Crippen molar-refractivity contribution in [2.45, 2.75) is 42.3 Å². The smallest absolute Gasteiger partial charge is 0.423 e. The molecule has 0 aliphatic carbocycles. The van der Waals surface area contributed by atoms with Gasteiger partial charge in [0.05, 0.1) is 23.2 Å². The standard InChI is InChI=1S/C21H22F3NO5S/c1-14-9-11-17(12-10-14)31(28)15(2)20(18(26)29-3,21(22,23)24)25-19(27)30-13-16-7-5-4-6-8-16/h4-12,15H,13H2,1-3H3,(H,25,27)/t15-,20+,31?/m1/s1. The maximum Gasteiger partial charge on any atom is 0.423 e. The summed E-state index contributed by atoms with van der Waals surface area (Å²) < 4.78 is 64.8. The van der Waals surface area contributed by atoms with Crippen molar-refractivity contribution in [3.63, 3.8) is 0 Å². The van der Waals surface area contributed by atoms with E-state index in [-0.39, 0.29) is 11.5 Å². The van der Waals surface area contributed by atoms with Crippen LogP contribution < -0.4 is 5.32 Å². The number of alkyl halides is 3. The minimum atomic E-state index is -5.33. The number of aryl methyl sites for hydroxylation is 1. The number of hydrogen-bond donors (Lipinski definition) is 1. The average molecular weight is 457 g/mol. The predicted molar refractivity (Wildman–Crippen MR) is 108 cm³/mol. The third kappa shape index (κ3) is 5.43. The van der Waals surface area contributed by atoms with Crippen LogP contribution in [-0.4, -0.2) is 40.3 Å². The normalized spacial score (nSPS) is 15.3. The van der Waals surface area contributed by atoms with Crippen LogP contribution in [-0.2, 0) is 31.7 Å². The number of hydrogen-bond acceptors (Lipinski definition) is 5. The van der Waals surface area contributed by atoms with Gasteiger partial charge in [-0.05, 0) is 31.5 Å². The molecule has 0 radical (unpaired) electrons. The van der Waals surface area contributed by atoms with Crippen LogP contribution in [0.3, 0.4) is 0 Å². The van der Waals surface area contributed by atoms with Crippen molar-refractivity contribution in [3.05, 3.63) is 65.7 Å². The Balaban J connectivity index is 2.37. The number of carbonyl (C=O) groups excluding carboxylic acids is 2. The van der Waals surface area contributed by atoms with Gasteiger partial charge in [0.2, 0.25) is 0 Å². The molecule has 2 aromatic rings. The zero-order valence-electron chi connectivity index (χ0n) is 17.1. The summed E-state index contributed by atoms with van der Waals surface area (Å²) in [6.07, 6.45) is -6.83. The van der Waals surface area contributed by atoms with Gasteiger partial charge < -0.3 is 9.47 Å². The summed E-state index contributed by atoms with van der Waals surface area (Å²) in [6.45, 7) is 2.39. The van der Waals surface area contributed by atoms with E-state index in [2.05, 4.69) is 4.74 Å². The van der Waals surface area contributed by atoms with E-state index in [1.807, 2.05) is 0 Å². The van der Waals surface area contributed by atoms with Crippen LogP contribution in [0.4, 0.5) is 18.0 Å². The van der Waals surface area contributed by atoms with Crippen molar-refractivity contribution in [3.8, 4) is 0 Å². The van der Waals surface area contributed by atoms with Crippen molar-refractivity contribution in [1.82, 2.24) is 5.32 Å². The Kier molecular flexibility index (Phi) is 7.83. The van der Waals surface area contributed by atoms with E-state index in [0.29, 0.717) is 5.56 Å². The highest BCUT2D eigenvalue weighted by atomic mass is 32.2. The van der Waals surface area contributed by atoms with Gasteiger partial charge in [0.1, 0.15) is 6.61 Å². The highest BCUT2D eigenvalue weighted by Gasteiger charge is 2.67. The Hall–Kier alpha value is -2.88. The summed E-state index contributed by atoms with van der Waals surface area (Å²) in [5.41, 5.74) is -2.25. The van der Waals surface area contributed by atoms with Gasteiger partial charge in [0.15, 0.2) is 0 Å². The van der Waals surface area contributed by atoms with Crippen molar-refractivity contribution >= 4 is 22.9 Å². The number of esters is 1. The van der Waals surface area contributed by atoms with Gasteiger partial charge in [-0.25, -0.2) is 9.59 Å². The Bertz CT molecular complexity index is 934. The Morgan fingerprint density at radius 3 is 2.16 bits per heavy atom. The lowest BCUT2D eigenvalue weighted by Crippen LogP contribution is -2.70. The maximum atomic E-state index is 14.2. The molecule has 10 heteroatoms. The summed E-state index contributed by atoms with van der Waals surface area (Å²) >= 11 is 0. The number of alkyl carbamates (subject to hydrolysis) is 1. The molecule has 0 spiro atoms. The first-order chi connectivity index (χ1) is 14.5. The van der Waals surface area contributed by atoms with E-state index in [1.54, 1.807) is 54.7 Å². The van der Waals surface area contributed by atoms with Gasteiger partial charge in [0.25, 0.3) is 5.54 Å². The summed E-state index contributed by atoms with van der Waals surface area (Å²) in [4.78, 5) is 24.7. The number of ether oxygens (including phenoxy) is 2. The first-order valence-electron chi connectivity index (χ1n) is 9.14. The molecule has 0 aliphatic rings. The molecule has 0 aromatic heterocycles. The van der Waals surface area contributed by atoms with E-state index in [1.165, 1.54) is 12.1 Å². The Labute approximate surface area is 180 Å². The van der Waals surface area contributed by atoms with Gasteiger partial charge in [-0.1, -0.05) is 48.0 Å². The monoisotopic (exact) mass is 457 g/mol. The van der Waals surface area contributed by atoms with E-state index in [9.17, 15) is 27.0 Å². The molecule has 0 bridgehead atoms. The quantitative estimate of drug-likeness (QED) is 0.638. The fourth-order valence-corrected chi connectivity index (χ4v) is 4.28. The fourth-order valence-electron chi connectivity index (χ4n) is 2.85. The first kappa shape index (κ1) is 24.4. The third-order valence-corrected chi connectivity index (χ3v) is 6.38. The van der Waals surface area contributed by atoms with Crippen LogP contribution in [0, 0.1) is 6.92 Å². The third-order valence-electron chi connectivity index (χ3n) is 4.65. The van der Waals surface area contributed by atoms with Gasteiger partial charge in [-0.15, -0.1) is 0 Å². The van der Waals surface area contributed by atoms with E-state index >= 15 is 0 Å². The fraction of sp³-hybridized carbons (Fsp3) is 0.333. The number of halogens is 3. The van der Waals surface area contributed by atoms with Gasteiger partial charge in [-0.3, -0.25) is 9.53 Å². The van der Waals surface area contributed by atoms with E-state index < -0.39 is 39.8 Å². The number of rotatable bonds is 7. The second-order valence-electron chi connectivity index (χ2n) is 6.74. The summed E-state index contributed by atoms with van der Waals surface area (Å²) in [5.74, 6) is -1.80. The first-order valence-corrected chi connectivity index (χ1v) is 10.4. The van der Waals surface area contributed by atoms with Gasteiger partial charge in [0, 0.05) is 4.90 Å². The molecule has 6 nitrogen and oxygen atoms in total. The lowest BCUT2D eigenvalue weighted by molar-refractivity contribution is -0.210. The summed E-state index contributed by atoms with van der Waals surface area (Å²) in [7, 11) is -1.57. The Morgan fingerprint density at radius 1 is 1.06 bits per heavy atom. The van der Waals surface area contributed by atoms with E-state index in [0.717, 1.165) is 19.6 Å². The maximum absolute atomic E-state index is 14.2. The molecule has 0 saturated heterocycles. The molecule has 0 aliphatic heterocycles. The lowest BCUT2D eigenvalue weighted by Gasteiger charge is -2.37. The molecule has 1 amide bonds. The number of benzene rings is 2. The SMILES string of the molecule is COC(=O)[C@@](NC(=O)OCc1ccccc1)([C@@H](C)S(=O)c1ccc(C)cc1)C(F)(F)F. The molecule has 2 rings (SSSR count). The molecule has 0 saturated carbocycles. The summed E-state index contributed by atoms with van der Waals surface area (Å²) in [6, 6.07) is 14.2. The molecule has 2 aromatic carbocycles. The molecule has 1 unspecified atom stereocenters. The van der Waals surface area contributed by atoms with Crippen molar-refractivity contribution in [2.75, 3.05) is 7.11 Å². The van der Waals surface area contributed by atoms with Gasteiger partial charge >= 0.3 is 18.2 Å². The molecule has 0 fully saturated rings. The van der Waals surface area contributed by atoms with Crippen LogP contribution >= 0.6 is 0 Å². The predicted octanol–water partition coefficient (Wildman–Crippen LogP) is 3.89. The summed E-state index contributed by atoms with van der Waals surface area (Å²) in [5, 5.41) is -0.325.